The highest BCUT2D eigenvalue weighted by Gasteiger charge is 2.12. The third-order valence-corrected chi connectivity index (χ3v) is 3.54. The van der Waals surface area contributed by atoms with Gasteiger partial charge >= 0.3 is 0 Å². The van der Waals surface area contributed by atoms with E-state index in [1.54, 1.807) is 0 Å². The van der Waals surface area contributed by atoms with E-state index in [1.807, 2.05) is 42.0 Å². The van der Waals surface area contributed by atoms with Crippen molar-refractivity contribution in [2.75, 3.05) is 0 Å². The molecule has 0 fully saturated rings. The fourth-order valence-corrected chi connectivity index (χ4v) is 2.48. The van der Waals surface area contributed by atoms with Crippen LogP contribution in [0.5, 0.6) is 0 Å². The van der Waals surface area contributed by atoms with Crippen molar-refractivity contribution in [1.82, 2.24) is 4.57 Å². The Kier molecular flexibility index (Phi) is 3.29. The maximum atomic E-state index is 13.2. The van der Waals surface area contributed by atoms with Crippen molar-refractivity contribution in [3.63, 3.8) is 0 Å². The van der Waals surface area contributed by atoms with E-state index in [2.05, 4.69) is 0 Å². The van der Waals surface area contributed by atoms with Crippen LogP contribution in [-0.4, -0.2) is 10.4 Å². The summed E-state index contributed by atoms with van der Waals surface area (Å²) in [4.78, 5) is 12.2. The summed E-state index contributed by atoms with van der Waals surface area (Å²) >= 11 is 0. The van der Waals surface area contributed by atoms with Crippen LogP contribution in [0.1, 0.15) is 15.9 Å². The summed E-state index contributed by atoms with van der Waals surface area (Å²) < 4.78 is 27.9. The zero-order valence-electron chi connectivity index (χ0n) is 11.4. The zero-order valence-corrected chi connectivity index (χ0v) is 11.4. The molecular weight excluding hydrogens is 272 g/mol. The van der Waals surface area contributed by atoms with Gasteiger partial charge in [-0.05, 0) is 36.8 Å². The number of Topliss-reactive ketones (excluding diaryl/α,β-unsaturated/α-hetero) is 1. The van der Waals surface area contributed by atoms with Crippen molar-refractivity contribution in [2.24, 2.45) is 0 Å². The minimum Gasteiger partial charge on any atom is -0.339 e. The lowest BCUT2D eigenvalue weighted by molar-refractivity contribution is 0.0973. The first-order valence-corrected chi connectivity index (χ1v) is 6.59. The van der Waals surface area contributed by atoms with Gasteiger partial charge in [0.15, 0.2) is 17.4 Å². The van der Waals surface area contributed by atoms with E-state index < -0.39 is 11.6 Å². The molecule has 0 saturated heterocycles. The van der Waals surface area contributed by atoms with Gasteiger partial charge in [-0.1, -0.05) is 18.2 Å². The SMILES string of the molecule is Cc1cn(CC(=O)c2ccc(F)c(F)c2)c2ccccc12. The molecule has 0 aliphatic heterocycles. The lowest BCUT2D eigenvalue weighted by Crippen LogP contribution is -2.10. The van der Waals surface area contributed by atoms with Crippen molar-refractivity contribution < 1.29 is 13.6 Å². The van der Waals surface area contributed by atoms with Crippen LogP contribution in [0.4, 0.5) is 8.78 Å². The topological polar surface area (TPSA) is 22.0 Å². The van der Waals surface area contributed by atoms with E-state index in [0.717, 1.165) is 28.6 Å². The number of rotatable bonds is 3. The molecular formula is C17H13F2NO. The quantitative estimate of drug-likeness (QED) is 0.664. The molecule has 1 aromatic heterocycles. The number of carbonyl (C=O) groups is 1. The predicted molar refractivity (Wildman–Crippen MR) is 77.4 cm³/mol. The molecule has 0 unspecified atom stereocenters. The number of para-hydroxylation sites is 1. The molecule has 2 aromatic carbocycles. The van der Waals surface area contributed by atoms with E-state index in [0.29, 0.717) is 0 Å². The summed E-state index contributed by atoms with van der Waals surface area (Å²) in [5.41, 5.74) is 2.19. The van der Waals surface area contributed by atoms with Crippen LogP contribution in [0.2, 0.25) is 0 Å². The first-order chi connectivity index (χ1) is 10.1. The lowest BCUT2D eigenvalue weighted by Gasteiger charge is -2.05. The molecule has 0 aliphatic carbocycles. The molecule has 0 spiro atoms. The fourth-order valence-electron chi connectivity index (χ4n) is 2.48. The Bertz CT molecular complexity index is 836. The molecule has 106 valence electrons. The van der Waals surface area contributed by atoms with Crippen molar-refractivity contribution in [3.05, 3.63) is 71.4 Å². The summed E-state index contributed by atoms with van der Waals surface area (Å²) in [5.74, 6) is -2.21. The first kappa shape index (κ1) is 13.5. The highest BCUT2D eigenvalue weighted by Crippen LogP contribution is 2.21. The first-order valence-electron chi connectivity index (χ1n) is 6.59. The van der Waals surface area contributed by atoms with Crippen molar-refractivity contribution in [2.45, 2.75) is 13.5 Å². The number of ketones is 1. The molecule has 1 heterocycles. The Labute approximate surface area is 120 Å². The number of aryl methyl sites for hydroxylation is 1. The molecule has 21 heavy (non-hydrogen) atoms. The van der Waals surface area contributed by atoms with Crippen LogP contribution in [0.3, 0.4) is 0 Å². The molecule has 3 rings (SSSR count). The van der Waals surface area contributed by atoms with Crippen LogP contribution in [-0.2, 0) is 6.54 Å². The van der Waals surface area contributed by atoms with Crippen LogP contribution >= 0.6 is 0 Å². The van der Waals surface area contributed by atoms with Gasteiger partial charge in [-0.15, -0.1) is 0 Å². The lowest BCUT2D eigenvalue weighted by atomic mass is 10.1. The average molecular weight is 285 g/mol. The van der Waals surface area contributed by atoms with Gasteiger partial charge in [0, 0.05) is 22.7 Å². The molecule has 2 nitrogen and oxygen atoms in total. The van der Waals surface area contributed by atoms with Crippen LogP contribution in [0.15, 0.2) is 48.7 Å². The third kappa shape index (κ3) is 2.44. The molecule has 0 amide bonds. The minimum absolute atomic E-state index is 0.0967. The Morgan fingerprint density at radius 3 is 2.62 bits per heavy atom. The Hall–Kier alpha value is -2.49. The largest absolute Gasteiger partial charge is 0.339 e. The Morgan fingerprint density at radius 2 is 1.86 bits per heavy atom. The summed E-state index contributed by atoms with van der Waals surface area (Å²) in [7, 11) is 0. The number of hydrogen-bond acceptors (Lipinski definition) is 1. The monoisotopic (exact) mass is 285 g/mol. The number of benzene rings is 2. The highest BCUT2D eigenvalue weighted by atomic mass is 19.2. The standard InChI is InChI=1S/C17H13F2NO/c1-11-9-20(16-5-3-2-4-13(11)16)10-17(21)12-6-7-14(18)15(19)8-12/h2-9H,10H2,1H3. The van der Waals surface area contributed by atoms with Crippen LogP contribution in [0, 0.1) is 18.6 Å². The van der Waals surface area contributed by atoms with Crippen LogP contribution in [0.25, 0.3) is 10.9 Å². The van der Waals surface area contributed by atoms with Crippen molar-refractivity contribution in [3.8, 4) is 0 Å². The molecule has 3 aromatic rings. The van der Waals surface area contributed by atoms with E-state index in [4.69, 9.17) is 0 Å². The van der Waals surface area contributed by atoms with Crippen LogP contribution < -0.4 is 0 Å². The summed E-state index contributed by atoms with van der Waals surface area (Å²) in [6.07, 6.45) is 1.89. The second-order valence-electron chi connectivity index (χ2n) is 5.01. The van der Waals surface area contributed by atoms with Gasteiger partial charge < -0.3 is 4.57 Å². The van der Waals surface area contributed by atoms with Gasteiger partial charge in [-0.3, -0.25) is 4.79 Å². The molecule has 4 heteroatoms. The number of halogens is 2. The maximum absolute atomic E-state index is 13.2. The van der Waals surface area contributed by atoms with E-state index in [-0.39, 0.29) is 17.9 Å². The maximum Gasteiger partial charge on any atom is 0.182 e. The van der Waals surface area contributed by atoms with Crippen molar-refractivity contribution in [1.29, 1.82) is 0 Å². The molecule has 0 atom stereocenters. The summed E-state index contributed by atoms with van der Waals surface area (Å²) in [5, 5.41) is 1.08. The predicted octanol–water partition coefficient (Wildman–Crippen LogP) is 4.11. The number of fused-ring (bicyclic) bond motifs is 1. The second kappa shape index (κ2) is 5.13. The molecule has 0 aliphatic rings. The van der Waals surface area contributed by atoms with Gasteiger partial charge in [0.25, 0.3) is 0 Å². The molecule has 0 radical (unpaired) electrons. The number of carbonyl (C=O) groups excluding carboxylic acids is 1. The number of nitrogens with zero attached hydrogens (tertiary/aromatic N) is 1. The fraction of sp³-hybridized carbons (Fsp3) is 0.118. The average Bonchev–Trinajstić information content (AvgIpc) is 2.79. The summed E-state index contributed by atoms with van der Waals surface area (Å²) in [6.45, 7) is 2.07. The normalized spacial score (nSPS) is 11.0. The van der Waals surface area contributed by atoms with Crippen molar-refractivity contribution >= 4 is 16.7 Å². The summed E-state index contributed by atoms with van der Waals surface area (Å²) in [6, 6.07) is 11.0. The Morgan fingerprint density at radius 1 is 1.10 bits per heavy atom. The minimum atomic E-state index is -1.01. The van der Waals surface area contributed by atoms with E-state index >= 15 is 0 Å². The van der Waals surface area contributed by atoms with Gasteiger partial charge in [-0.25, -0.2) is 8.78 Å². The smallest absolute Gasteiger partial charge is 0.182 e. The highest BCUT2D eigenvalue weighted by molar-refractivity contribution is 5.97. The van der Waals surface area contributed by atoms with Gasteiger partial charge in [0.1, 0.15) is 0 Å². The Balaban J connectivity index is 1.94. The second-order valence-corrected chi connectivity index (χ2v) is 5.01. The molecule has 0 N–H and O–H groups in total. The van der Waals surface area contributed by atoms with E-state index in [1.165, 1.54) is 6.07 Å². The van der Waals surface area contributed by atoms with Gasteiger partial charge in [0.2, 0.25) is 0 Å². The number of aromatic nitrogens is 1. The van der Waals surface area contributed by atoms with Gasteiger partial charge in [0.05, 0.1) is 6.54 Å². The zero-order chi connectivity index (χ0) is 15.0. The van der Waals surface area contributed by atoms with Gasteiger partial charge in [-0.2, -0.15) is 0 Å². The molecule has 0 saturated carbocycles. The third-order valence-electron chi connectivity index (χ3n) is 3.54. The number of hydrogen-bond donors (Lipinski definition) is 0. The van der Waals surface area contributed by atoms with E-state index in [9.17, 15) is 13.6 Å². The molecule has 0 bridgehead atoms.